The van der Waals surface area contributed by atoms with E-state index in [4.69, 9.17) is 13.9 Å². The molecule has 10 nitrogen and oxygen atoms in total. The van der Waals surface area contributed by atoms with Crippen LogP contribution in [0, 0.1) is 0 Å². The van der Waals surface area contributed by atoms with E-state index in [0.717, 1.165) is 0 Å². The van der Waals surface area contributed by atoms with E-state index in [0.29, 0.717) is 12.8 Å². The first-order chi connectivity index (χ1) is 14.7. The lowest BCUT2D eigenvalue weighted by Crippen LogP contribution is -2.43. The number of carboxylic acid groups (broad SMARTS) is 1. The second-order valence-corrected chi connectivity index (χ2v) is 9.34. The molecular formula is C22H34N2O8. The number of carbonyl (C=O) groups excluding carboxylic acids is 3. The highest BCUT2D eigenvalue weighted by Crippen LogP contribution is 2.13. The lowest BCUT2D eigenvalue weighted by molar-refractivity contribution is -0.139. The maximum absolute atomic E-state index is 12.5. The summed E-state index contributed by atoms with van der Waals surface area (Å²) in [7, 11) is 0. The summed E-state index contributed by atoms with van der Waals surface area (Å²) in [4.78, 5) is 49.5. The van der Waals surface area contributed by atoms with E-state index in [9.17, 15) is 24.3 Å². The van der Waals surface area contributed by atoms with E-state index in [2.05, 4.69) is 5.32 Å². The number of nitrogens with zero attached hydrogens (tertiary/aromatic N) is 1. The quantitative estimate of drug-likeness (QED) is 0.402. The highest BCUT2D eigenvalue weighted by atomic mass is 16.6. The average molecular weight is 455 g/mol. The zero-order valence-electron chi connectivity index (χ0n) is 19.6. The molecule has 10 heteroatoms. The highest BCUT2D eigenvalue weighted by Gasteiger charge is 2.26. The summed E-state index contributed by atoms with van der Waals surface area (Å²) in [5.41, 5.74) is -1.49. The van der Waals surface area contributed by atoms with Crippen molar-refractivity contribution in [3.63, 3.8) is 0 Å². The minimum Gasteiger partial charge on any atom is -0.480 e. The van der Waals surface area contributed by atoms with Gasteiger partial charge in [0.05, 0.1) is 12.8 Å². The van der Waals surface area contributed by atoms with Gasteiger partial charge in [0, 0.05) is 6.54 Å². The number of aliphatic carboxylic acids is 1. The van der Waals surface area contributed by atoms with Crippen LogP contribution in [0.4, 0.5) is 9.59 Å². The molecule has 1 atom stereocenters. The van der Waals surface area contributed by atoms with Crippen LogP contribution in [0.5, 0.6) is 0 Å². The summed E-state index contributed by atoms with van der Waals surface area (Å²) in [6.45, 7) is 10.1. The number of ketones is 1. The smallest absolute Gasteiger partial charge is 0.410 e. The van der Waals surface area contributed by atoms with Crippen molar-refractivity contribution in [2.75, 3.05) is 13.1 Å². The van der Waals surface area contributed by atoms with Crippen molar-refractivity contribution >= 4 is 23.9 Å². The number of furan rings is 1. The summed E-state index contributed by atoms with van der Waals surface area (Å²) in [6, 6.07) is 1.95. The Bertz CT molecular complexity index is 775. The van der Waals surface area contributed by atoms with Crippen molar-refractivity contribution in [3.05, 3.63) is 24.2 Å². The van der Waals surface area contributed by atoms with Crippen LogP contribution in [0.3, 0.4) is 0 Å². The Hall–Kier alpha value is -3.04. The molecule has 0 bridgehead atoms. The Morgan fingerprint density at radius 3 is 2.19 bits per heavy atom. The third-order valence-corrected chi connectivity index (χ3v) is 3.94. The van der Waals surface area contributed by atoms with Gasteiger partial charge in [0.1, 0.15) is 17.2 Å². The second kappa shape index (κ2) is 11.5. The van der Waals surface area contributed by atoms with Gasteiger partial charge in [0.25, 0.3) is 0 Å². The molecule has 0 saturated heterocycles. The van der Waals surface area contributed by atoms with Crippen LogP contribution >= 0.6 is 0 Å². The van der Waals surface area contributed by atoms with Gasteiger partial charge in [-0.2, -0.15) is 0 Å². The minimum atomic E-state index is -1.19. The third-order valence-electron chi connectivity index (χ3n) is 3.94. The van der Waals surface area contributed by atoms with Gasteiger partial charge in [-0.05, 0) is 72.9 Å². The average Bonchev–Trinajstić information content (AvgIpc) is 3.14. The standard InChI is InChI=1S/C22H34N2O8/c1-21(2,3)31-19(28)23-15(18(26)27)10-7-8-12-24(20(29)32-22(4,5)6)14-16(25)17-11-9-13-30-17/h9,11,13,15H,7-8,10,12,14H2,1-6H3,(H,23,28)(H,26,27)/t15-/m0/s1. The van der Waals surface area contributed by atoms with Crippen molar-refractivity contribution in [1.82, 2.24) is 10.2 Å². The first-order valence-electron chi connectivity index (χ1n) is 10.4. The van der Waals surface area contributed by atoms with Crippen LogP contribution in [-0.2, 0) is 14.3 Å². The Morgan fingerprint density at radius 1 is 1.06 bits per heavy atom. The van der Waals surface area contributed by atoms with Crippen molar-refractivity contribution in [3.8, 4) is 0 Å². The summed E-state index contributed by atoms with van der Waals surface area (Å²) < 4.78 is 15.5. The molecule has 32 heavy (non-hydrogen) atoms. The van der Waals surface area contributed by atoms with Crippen LogP contribution < -0.4 is 5.32 Å². The Kier molecular flexibility index (Phi) is 9.74. The Labute approximate surface area is 188 Å². The molecule has 0 saturated carbocycles. The van der Waals surface area contributed by atoms with Crippen LogP contribution in [0.2, 0.25) is 0 Å². The summed E-state index contributed by atoms with van der Waals surface area (Å²) in [5, 5.41) is 11.7. The maximum Gasteiger partial charge on any atom is 0.410 e. The van der Waals surface area contributed by atoms with Gasteiger partial charge in [0.2, 0.25) is 5.78 Å². The van der Waals surface area contributed by atoms with Crippen molar-refractivity contribution < 1.29 is 38.2 Å². The third kappa shape index (κ3) is 10.8. The molecule has 180 valence electrons. The molecule has 0 radical (unpaired) electrons. The van der Waals surface area contributed by atoms with Crippen molar-refractivity contribution in [2.45, 2.75) is 78.0 Å². The number of rotatable bonds is 10. The van der Waals surface area contributed by atoms with Crippen molar-refractivity contribution in [2.24, 2.45) is 0 Å². The van der Waals surface area contributed by atoms with Crippen LogP contribution in [0.25, 0.3) is 0 Å². The summed E-state index contributed by atoms with van der Waals surface area (Å²) in [5.74, 6) is -1.44. The fourth-order valence-corrected chi connectivity index (χ4v) is 2.61. The molecule has 1 heterocycles. The monoisotopic (exact) mass is 454 g/mol. The molecule has 0 aliphatic carbocycles. The molecule has 0 spiro atoms. The fraction of sp³-hybridized carbons (Fsp3) is 0.636. The molecular weight excluding hydrogens is 420 g/mol. The normalized spacial score (nSPS) is 12.6. The number of amides is 2. The minimum absolute atomic E-state index is 0.128. The lowest BCUT2D eigenvalue weighted by Gasteiger charge is -2.27. The number of hydrogen-bond donors (Lipinski definition) is 2. The van der Waals surface area contributed by atoms with E-state index in [1.165, 1.54) is 17.2 Å². The van der Waals surface area contributed by atoms with Gasteiger partial charge in [0.15, 0.2) is 5.76 Å². The number of ether oxygens (including phenoxy) is 2. The van der Waals surface area contributed by atoms with Crippen LogP contribution in [0.15, 0.2) is 22.8 Å². The molecule has 1 aromatic rings. The molecule has 0 aromatic carbocycles. The predicted octanol–water partition coefficient (Wildman–Crippen LogP) is 3.85. The highest BCUT2D eigenvalue weighted by molar-refractivity contribution is 5.96. The fourth-order valence-electron chi connectivity index (χ4n) is 2.61. The predicted molar refractivity (Wildman–Crippen MR) is 115 cm³/mol. The molecule has 1 rings (SSSR count). The van der Waals surface area contributed by atoms with E-state index in [1.807, 2.05) is 0 Å². The molecule has 1 aromatic heterocycles. The van der Waals surface area contributed by atoms with Gasteiger partial charge in [-0.15, -0.1) is 0 Å². The van der Waals surface area contributed by atoms with E-state index in [1.54, 1.807) is 47.6 Å². The van der Waals surface area contributed by atoms with Gasteiger partial charge in [-0.3, -0.25) is 4.79 Å². The SMILES string of the molecule is CC(C)(C)OC(=O)N[C@@H](CCCCN(CC(=O)c1ccco1)C(=O)OC(C)(C)C)C(=O)O. The van der Waals surface area contributed by atoms with Gasteiger partial charge in [-0.1, -0.05) is 0 Å². The zero-order chi connectivity index (χ0) is 24.5. The topological polar surface area (TPSA) is 135 Å². The maximum atomic E-state index is 12.5. The van der Waals surface area contributed by atoms with Gasteiger partial charge < -0.3 is 29.2 Å². The number of carbonyl (C=O) groups is 4. The Balaban J connectivity index is 2.67. The summed E-state index contributed by atoms with van der Waals surface area (Å²) in [6.07, 6.45) is 0.798. The number of unbranched alkanes of at least 4 members (excludes halogenated alkanes) is 1. The molecule has 0 aliphatic rings. The first-order valence-corrected chi connectivity index (χ1v) is 10.4. The number of nitrogens with one attached hydrogen (secondary N) is 1. The first kappa shape index (κ1) is 27.0. The van der Waals surface area contributed by atoms with Crippen LogP contribution in [0.1, 0.15) is 71.4 Å². The van der Waals surface area contributed by atoms with Gasteiger partial charge >= 0.3 is 18.2 Å². The number of Topliss-reactive ketones (excluding diaryl/α,β-unsaturated/α-hetero) is 1. The second-order valence-electron chi connectivity index (χ2n) is 9.34. The molecule has 0 unspecified atom stereocenters. The summed E-state index contributed by atoms with van der Waals surface area (Å²) >= 11 is 0. The number of alkyl carbamates (subject to hydrolysis) is 1. The molecule has 2 amide bonds. The molecule has 0 fully saturated rings. The van der Waals surface area contributed by atoms with E-state index in [-0.39, 0.29) is 31.1 Å². The van der Waals surface area contributed by atoms with Crippen LogP contribution in [-0.4, -0.2) is 64.3 Å². The number of hydrogen-bond acceptors (Lipinski definition) is 7. The number of carboxylic acids is 1. The lowest BCUT2D eigenvalue weighted by atomic mass is 10.1. The largest absolute Gasteiger partial charge is 0.480 e. The zero-order valence-corrected chi connectivity index (χ0v) is 19.6. The molecule has 0 aliphatic heterocycles. The van der Waals surface area contributed by atoms with E-state index < -0.39 is 35.4 Å². The molecule has 2 N–H and O–H groups in total. The van der Waals surface area contributed by atoms with Crippen molar-refractivity contribution in [1.29, 1.82) is 0 Å². The Morgan fingerprint density at radius 2 is 1.69 bits per heavy atom. The van der Waals surface area contributed by atoms with E-state index >= 15 is 0 Å². The van der Waals surface area contributed by atoms with Gasteiger partial charge in [-0.25, -0.2) is 14.4 Å².